The standard InChI is InChI=1S/C17H22N4O2S/c22-16(20-8-10-23-11-9-20)18-13-4-3-7-21(12-13)17-19-14-5-1-2-6-15(14)24-17/h1-2,5-6,13H,3-4,7-12H2,(H,18,22). The maximum Gasteiger partial charge on any atom is 0.317 e. The molecule has 3 heterocycles. The highest BCUT2D eigenvalue weighted by Crippen LogP contribution is 2.30. The summed E-state index contributed by atoms with van der Waals surface area (Å²) in [6, 6.07) is 8.45. The van der Waals surface area contributed by atoms with E-state index in [4.69, 9.17) is 9.72 Å². The van der Waals surface area contributed by atoms with E-state index in [-0.39, 0.29) is 12.1 Å². The van der Waals surface area contributed by atoms with Crippen LogP contribution < -0.4 is 10.2 Å². The normalized spacial score (nSPS) is 21.9. The Morgan fingerprint density at radius 2 is 2.08 bits per heavy atom. The van der Waals surface area contributed by atoms with Gasteiger partial charge in [-0.3, -0.25) is 0 Å². The van der Waals surface area contributed by atoms with Gasteiger partial charge in [-0.1, -0.05) is 23.5 Å². The predicted molar refractivity (Wildman–Crippen MR) is 95.8 cm³/mol. The Bertz CT molecular complexity index is 680. The summed E-state index contributed by atoms with van der Waals surface area (Å²) in [5.41, 5.74) is 1.05. The molecule has 0 spiro atoms. The van der Waals surface area contributed by atoms with E-state index in [1.165, 1.54) is 4.70 Å². The average Bonchev–Trinajstić information content (AvgIpc) is 3.07. The minimum atomic E-state index is 0.0365. The number of para-hydroxylation sites is 1. The second-order valence-corrected chi connectivity index (χ2v) is 7.31. The number of anilines is 1. The summed E-state index contributed by atoms with van der Waals surface area (Å²) in [7, 11) is 0. The number of piperidine rings is 1. The van der Waals surface area contributed by atoms with Crippen LogP contribution >= 0.6 is 11.3 Å². The maximum absolute atomic E-state index is 12.4. The third-order valence-electron chi connectivity index (χ3n) is 4.60. The van der Waals surface area contributed by atoms with Crippen molar-refractivity contribution in [1.29, 1.82) is 0 Å². The molecule has 1 atom stereocenters. The number of thiazole rings is 1. The predicted octanol–water partition coefficient (Wildman–Crippen LogP) is 2.31. The van der Waals surface area contributed by atoms with Crippen molar-refractivity contribution in [3.8, 4) is 0 Å². The van der Waals surface area contributed by atoms with Gasteiger partial charge in [0.25, 0.3) is 0 Å². The van der Waals surface area contributed by atoms with Crippen LogP contribution in [0.2, 0.25) is 0 Å². The fourth-order valence-electron chi connectivity index (χ4n) is 3.30. The largest absolute Gasteiger partial charge is 0.378 e. The molecule has 0 radical (unpaired) electrons. The summed E-state index contributed by atoms with van der Waals surface area (Å²) in [6.07, 6.45) is 2.10. The number of urea groups is 1. The summed E-state index contributed by atoms with van der Waals surface area (Å²) in [4.78, 5) is 21.3. The lowest BCUT2D eigenvalue weighted by molar-refractivity contribution is 0.0523. The number of ether oxygens (including phenoxy) is 1. The van der Waals surface area contributed by atoms with Gasteiger partial charge >= 0.3 is 6.03 Å². The molecule has 128 valence electrons. The van der Waals surface area contributed by atoms with Crippen molar-refractivity contribution in [2.24, 2.45) is 0 Å². The minimum Gasteiger partial charge on any atom is -0.378 e. The molecule has 4 rings (SSSR count). The molecule has 1 aromatic heterocycles. The lowest BCUT2D eigenvalue weighted by atomic mass is 10.1. The Morgan fingerprint density at radius 3 is 2.92 bits per heavy atom. The van der Waals surface area contributed by atoms with Crippen molar-refractivity contribution in [2.45, 2.75) is 18.9 Å². The van der Waals surface area contributed by atoms with Crippen LogP contribution in [0.25, 0.3) is 10.2 Å². The molecule has 0 saturated carbocycles. The second-order valence-electron chi connectivity index (χ2n) is 6.30. The number of rotatable bonds is 2. The van der Waals surface area contributed by atoms with E-state index >= 15 is 0 Å². The molecule has 2 aliphatic heterocycles. The van der Waals surface area contributed by atoms with E-state index in [2.05, 4.69) is 22.3 Å². The van der Waals surface area contributed by atoms with E-state index < -0.39 is 0 Å². The molecule has 7 heteroatoms. The first-order valence-electron chi connectivity index (χ1n) is 8.53. The maximum atomic E-state index is 12.4. The van der Waals surface area contributed by atoms with Crippen molar-refractivity contribution in [2.75, 3.05) is 44.3 Å². The van der Waals surface area contributed by atoms with Crippen LogP contribution in [0.5, 0.6) is 0 Å². The molecule has 0 aliphatic carbocycles. The number of carbonyl (C=O) groups excluding carboxylic acids is 1. The lowest BCUT2D eigenvalue weighted by Gasteiger charge is -2.35. The molecular formula is C17H22N4O2S. The first-order valence-corrected chi connectivity index (χ1v) is 9.35. The van der Waals surface area contributed by atoms with Crippen molar-refractivity contribution < 1.29 is 9.53 Å². The number of morpholine rings is 1. The van der Waals surface area contributed by atoms with E-state index in [1.807, 2.05) is 17.0 Å². The van der Waals surface area contributed by atoms with Gasteiger partial charge in [0.05, 0.1) is 23.4 Å². The summed E-state index contributed by atoms with van der Waals surface area (Å²) >= 11 is 1.73. The van der Waals surface area contributed by atoms with Crippen molar-refractivity contribution in [3.05, 3.63) is 24.3 Å². The van der Waals surface area contributed by atoms with Crippen LogP contribution in [0, 0.1) is 0 Å². The number of hydrogen-bond donors (Lipinski definition) is 1. The van der Waals surface area contributed by atoms with E-state index in [0.29, 0.717) is 26.3 Å². The molecule has 2 aliphatic rings. The van der Waals surface area contributed by atoms with Gasteiger partial charge in [-0.25, -0.2) is 9.78 Å². The number of nitrogens with one attached hydrogen (secondary N) is 1. The van der Waals surface area contributed by atoms with Crippen LogP contribution in [0.4, 0.5) is 9.93 Å². The Hall–Kier alpha value is -1.86. The highest BCUT2D eigenvalue weighted by Gasteiger charge is 2.26. The summed E-state index contributed by atoms with van der Waals surface area (Å²) in [5, 5.41) is 4.25. The first kappa shape index (κ1) is 15.7. The van der Waals surface area contributed by atoms with Crippen molar-refractivity contribution in [1.82, 2.24) is 15.2 Å². The quantitative estimate of drug-likeness (QED) is 0.907. The number of hydrogen-bond acceptors (Lipinski definition) is 5. The number of fused-ring (bicyclic) bond motifs is 1. The molecule has 0 bridgehead atoms. The van der Waals surface area contributed by atoms with Gasteiger partial charge in [0.1, 0.15) is 0 Å². The summed E-state index contributed by atoms with van der Waals surface area (Å²) in [5.74, 6) is 0. The Kier molecular flexibility index (Phi) is 4.53. The highest BCUT2D eigenvalue weighted by molar-refractivity contribution is 7.22. The topological polar surface area (TPSA) is 57.7 Å². The fourth-order valence-corrected chi connectivity index (χ4v) is 4.30. The van der Waals surface area contributed by atoms with Crippen LogP contribution in [-0.2, 0) is 4.74 Å². The monoisotopic (exact) mass is 346 g/mol. The molecule has 6 nitrogen and oxygen atoms in total. The third kappa shape index (κ3) is 3.32. The lowest BCUT2D eigenvalue weighted by Crippen LogP contribution is -2.53. The zero-order chi connectivity index (χ0) is 16.4. The van der Waals surface area contributed by atoms with Gasteiger partial charge in [-0.05, 0) is 25.0 Å². The average molecular weight is 346 g/mol. The summed E-state index contributed by atoms with van der Waals surface area (Å²) < 4.78 is 6.52. The zero-order valence-electron chi connectivity index (χ0n) is 13.6. The van der Waals surface area contributed by atoms with Crippen molar-refractivity contribution >= 4 is 32.7 Å². The molecule has 1 N–H and O–H groups in total. The van der Waals surface area contributed by atoms with Crippen molar-refractivity contribution in [3.63, 3.8) is 0 Å². The van der Waals surface area contributed by atoms with Gasteiger partial charge < -0.3 is 19.9 Å². The third-order valence-corrected chi connectivity index (χ3v) is 5.70. The molecule has 2 fully saturated rings. The number of amides is 2. The first-order chi connectivity index (χ1) is 11.8. The van der Waals surface area contributed by atoms with E-state index in [1.54, 1.807) is 11.3 Å². The molecule has 2 amide bonds. The van der Waals surface area contributed by atoms with E-state index in [9.17, 15) is 4.79 Å². The van der Waals surface area contributed by atoms with Gasteiger partial charge in [0.15, 0.2) is 5.13 Å². The Balaban J connectivity index is 1.40. The highest BCUT2D eigenvalue weighted by atomic mass is 32.1. The number of nitrogens with zero attached hydrogens (tertiary/aromatic N) is 3. The summed E-state index contributed by atoms with van der Waals surface area (Å²) in [6.45, 7) is 4.46. The molecule has 24 heavy (non-hydrogen) atoms. The SMILES string of the molecule is O=C(NC1CCCN(c2nc3ccccc3s2)C1)N1CCOCC1. The van der Waals surface area contributed by atoms with Crippen LogP contribution in [0.1, 0.15) is 12.8 Å². The Morgan fingerprint density at radius 1 is 1.25 bits per heavy atom. The number of benzene rings is 1. The molecule has 1 unspecified atom stereocenters. The fraction of sp³-hybridized carbons (Fsp3) is 0.529. The number of aromatic nitrogens is 1. The molecule has 2 aromatic rings. The van der Waals surface area contributed by atoms with Crippen LogP contribution in [0.15, 0.2) is 24.3 Å². The van der Waals surface area contributed by atoms with Gasteiger partial charge in [0, 0.05) is 32.2 Å². The van der Waals surface area contributed by atoms with Gasteiger partial charge in [-0.15, -0.1) is 0 Å². The minimum absolute atomic E-state index is 0.0365. The smallest absolute Gasteiger partial charge is 0.317 e. The second kappa shape index (κ2) is 6.94. The Labute approximate surface area is 145 Å². The van der Waals surface area contributed by atoms with E-state index in [0.717, 1.165) is 36.6 Å². The van der Waals surface area contributed by atoms with Gasteiger partial charge in [0.2, 0.25) is 0 Å². The molecule has 1 aromatic carbocycles. The molecular weight excluding hydrogens is 324 g/mol. The number of carbonyl (C=O) groups is 1. The van der Waals surface area contributed by atoms with Crippen LogP contribution in [0.3, 0.4) is 0 Å². The van der Waals surface area contributed by atoms with Crippen LogP contribution in [-0.4, -0.2) is 61.3 Å². The molecule has 2 saturated heterocycles. The zero-order valence-corrected chi connectivity index (χ0v) is 14.4. The van der Waals surface area contributed by atoms with Gasteiger partial charge in [-0.2, -0.15) is 0 Å².